The molecule has 0 saturated carbocycles. The predicted molar refractivity (Wildman–Crippen MR) is 132 cm³/mol. The lowest BCUT2D eigenvalue weighted by atomic mass is 10.0. The van der Waals surface area contributed by atoms with Gasteiger partial charge in [0.2, 0.25) is 5.89 Å². The molecule has 4 aromatic carbocycles. The molecule has 32 heavy (non-hydrogen) atoms. The van der Waals surface area contributed by atoms with Gasteiger partial charge in [-0.1, -0.05) is 54.6 Å². The standard InChI is InChI=1S/C26H19N3O2S/c1-16-7-2-4-10-19(16)25-28-22-15-18(13-14-23(22)31-25)27-26(32)29-24(30)21-12-6-9-17-8-3-5-11-20(17)21/h2-15H,1H3,(H2,27,29,30,32). The summed E-state index contributed by atoms with van der Waals surface area (Å²) in [5.74, 6) is 0.311. The molecular weight excluding hydrogens is 418 g/mol. The molecule has 0 aliphatic rings. The number of hydrogen-bond acceptors (Lipinski definition) is 4. The molecule has 5 nitrogen and oxygen atoms in total. The van der Waals surface area contributed by atoms with Gasteiger partial charge < -0.3 is 9.73 Å². The molecule has 0 bridgehead atoms. The second-order valence-electron chi connectivity index (χ2n) is 7.45. The Labute approximate surface area is 190 Å². The number of rotatable bonds is 3. The maximum atomic E-state index is 12.8. The minimum atomic E-state index is -0.261. The molecule has 0 aliphatic heterocycles. The smallest absolute Gasteiger partial charge is 0.258 e. The predicted octanol–water partition coefficient (Wildman–Crippen LogP) is 6.08. The zero-order valence-corrected chi connectivity index (χ0v) is 18.1. The Morgan fingerprint density at radius 3 is 2.59 bits per heavy atom. The second kappa shape index (κ2) is 8.24. The van der Waals surface area contributed by atoms with Crippen molar-refractivity contribution in [3.05, 3.63) is 96.1 Å². The Morgan fingerprint density at radius 2 is 1.72 bits per heavy atom. The van der Waals surface area contributed by atoms with Crippen LogP contribution in [0.2, 0.25) is 0 Å². The molecule has 0 saturated heterocycles. The second-order valence-corrected chi connectivity index (χ2v) is 7.86. The van der Waals surface area contributed by atoms with Crippen LogP contribution in [0.4, 0.5) is 5.69 Å². The van der Waals surface area contributed by atoms with Crippen LogP contribution in [0, 0.1) is 6.92 Å². The summed E-state index contributed by atoms with van der Waals surface area (Å²) < 4.78 is 5.92. The summed E-state index contributed by atoms with van der Waals surface area (Å²) in [6.45, 7) is 2.02. The number of oxazole rings is 1. The average molecular weight is 438 g/mol. The maximum Gasteiger partial charge on any atom is 0.258 e. The molecule has 1 amide bonds. The number of amides is 1. The fourth-order valence-electron chi connectivity index (χ4n) is 3.69. The first-order valence-electron chi connectivity index (χ1n) is 10.2. The molecule has 0 spiro atoms. The summed E-state index contributed by atoms with van der Waals surface area (Å²) in [6.07, 6.45) is 0. The number of carbonyl (C=O) groups is 1. The molecular formula is C26H19N3O2S. The highest BCUT2D eigenvalue weighted by atomic mass is 32.1. The van der Waals surface area contributed by atoms with Gasteiger partial charge in [-0.3, -0.25) is 10.1 Å². The molecule has 6 heteroatoms. The van der Waals surface area contributed by atoms with Crippen LogP contribution in [0.3, 0.4) is 0 Å². The summed E-state index contributed by atoms with van der Waals surface area (Å²) in [4.78, 5) is 17.4. The van der Waals surface area contributed by atoms with Gasteiger partial charge in [-0.05, 0) is 65.8 Å². The number of aromatic nitrogens is 1. The zero-order chi connectivity index (χ0) is 22.1. The highest BCUT2D eigenvalue weighted by Gasteiger charge is 2.13. The van der Waals surface area contributed by atoms with Crippen molar-refractivity contribution < 1.29 is 9.21 Å². The van der Waals surface area contributed by atoms with Crippen molar-refractivity contribution in [2.24, 2.45) is 0 Å². The summed E-state index contributed by atoms with van der Waals surface area (Å²) in [7, 11) is 0. The van der Waals surface area contributed by atoms with Crippen LogP contribution < -0.4 is 10.6 Å². The SMILES string of the molecule is Cc1ccccc1-c1nc2cc(NC(=S)NC(=O)c3cccc4ccccc34)ccc2o1. The molecule has 1 aromatic heterocycles. The van der Waals surface area contributed by atoms with Gasteiger partial charge in [0, 0.05) is 16.8 Å². The molecule has 2 N–H and O–H groups in total. The minimum absolute atomic E-state index is 0.213. The number of nitrogens with zero attached hydrogens (tertiary/aromatic N) is 1. The van der Waals surface area contributed by atoms with Crippen LogP contribution in [-0.2, 0) is 0 Å². The fourth-order valence-corrected chi connectivity index (χ4v) is 3.90. The fraction of sp³-hybridized carbons (Fsp3) is 0.0385. The first kappa shape index (κ1) is 19.9. The van der Waals surface area contributed by atoms with Gasteiger partial charge in [-0.25, -0.2) is 4.98 Å². The van der Waals surface area contributed by atoms with Gasteiger partial charge >= 0.3 is 0 Å². The lowest BCUT2D eigenvalue weighted by Gasteiger charge is -2.11. The number of thiocarbonyl (C=S) groups is 1. The summed E-state index contributed by atoms with van der Waals surface area (Å²) >= 11 is 5.37. The third kappa shape index (κ3) is 3.84. The number of aryl methyl sites for hydroxylation is 1. The zero-order valence-electron chi connectivity index (χ0n) is 17.3. The average Bonchev–Trinajstić information content (AvgIpc) is 3.22. The molecule has 0 radical (unpaired) electrons. The lowest BCUT2D eigenvalue weighted by molar-refractivity contribution is 0.0979. The number of hydrogen-bond donors (Lipinski definition) is 2. The summed E-state index contributed by atoms with van der Waals surface area (Å²) in [5.41, 5.74) is 4.72. The number of nitrogens with one attached hydrogen (secondary N) is 2. The number of carbonyl (C=O) groups excluding carboxylic acids is 1. The van der Waals surface area contributed by atoms with Crippen molar-refractivity contribution >= 4 is 50.8 Å². The largest absolute Gasteiger partial charge is 0.436 e. The topological polar surface area (TPSA) is 67.2 Å². The van der Waals surface area contributed by atoms with Crippen LogP contribution >= 0.6 is 12.2 Å². The molecule has 156 valence electrons. The molecule has 0 fully saturated rings. The van der Waals surface area contributed by atoms with Crippen molar-refractivity contribution in [2.45, 2.75) is 6.92 Å². The molecule has 5 aromatic rings. The first-order chi connectivity index (χ1) is 15.6. The monoisotopic (exact) mass is 437 g/mol. The van der Waals surface area contributed by atoms with E-state index in [1.54, 1.807) is 6.07 Å². The Hall–Kier alpha value is -4.03. The highest BCUT2D eigenvalue weighted by Crippen LogP contribution is 2.28. The van der Waals surface area contributed by atoms with Crippen molar-refractivity contribution in [3.8, 4) is 11.5 Å². The summed E-state index contributed by atoms with van der Waals surface area (Å²) in [6, 6.07) is 26.8. The van der Waals surface area contributed by atoms with Gasteiger partial charge in [0.15, 0.2) is 10.7 Å². The Balaban J connectivity index is 1.34. The van der Waals surface area contributed by atoms with Gasteiger partial charge in [0.05, 0.1) is 0 Å². The van der Waals surface area contributed by atoms with Crippen molar-refractivity contribution in [1.82, 2.24) is 10.3 Å². The van der Waals surface area contributed by atoms with E-state index in [-0.39, 0.29) is 11.0 Å². The maximum absolute atomic E-state index is 12.8. The Morgan fingerprint density at radius 1 is 0.938 bits per heavy atom. The van der Waals surface area contributed by atoms with E-state index in [9.17, 15) is 4.79 Å². The van der Waals surface area contributed by atoms with Crippen molar-refractivity contribution in [3.63, 3.8) is 0 Å². The van der Waals surface area contributed by atoms with E-state index in [2.05, 4.69) is 15.6 Å². The molecule has 0 atom stereocenters. The van der Waals surface area contributed by atoms with Gasteiger partial charge in [-0.2, -0.15) is 0 Å². The lowest BCUT2D eigenvalue weighted by Crippen LogP contribution is -2.34. The molecule has 0 unspecified atom stereocenters. The Kier molecular flexibility index (Phi) is 5.13. The highest BCUT2D eigenvalue weighted by molar-refractivity contribution is 7.80. The number of anilines is 1. The third-order valence-corrected chi connectivity index (χ3v) is 5.49. The first-order valence-corrected chi connectivity index (χ1v) is 10.6. The van der Waals surface area contributed by atoms with E-state index in [1.807, 2.05) is 85.8 Å². The minimum Gasteiger partial charge on any atom is -0.436 e. The Bertz CT molecular complexity index is 1480. The normalized spacial score (nSPS) is 10.9. The van der Waals surface area contributed by atoms with E-state index < -0.39 is 0 Å². The molecule has 1 heterocycles. The van der Waals surface area contributed by atoms with Crippen LogP contribution in [-0.4, -0.2) is 16.0 Å². The van der Waals surface area contributed by atoms with E-state index in [4.69, 9.17) is 16.6 Å². The van der Waals surface area contributed by atoms with E-state index >= 15 is 0 Å². The van der Waals surface area contributed by atoms with Crippen LogP contribution in [0.15, 0.2) is 89.3 Å². The van der Waals surface area contributed by atoms with Crippen molar-refractivity contribution in [1.29, 1.82) is 0 Å². The molecule has 0 aliphatic carbocycles. The summed E-state index contributed by atoms with van der Waals surface area (Å²) in [5, 5.41) is 7.91. The van der Waals surface area contributed by atoms with Crippen LogP contribution in [0.5, 0.6) is 0 Å². The van der Waals surface area contributed by atoms with Crippen molar-refractivity contribution in [2.75, 3.05) is 5.32 Å². The molecule has 5 rings (SSSR count). The van der Waals surface area contributed by atoms with Crippen LogP contribution in [0.1, 0.15) is 15.9 Å². The van der Waals surface area contributed by atoms with E-state index in [1.165, 1.54) is 0 Å². The van der Waals surface area contributed by atoms with Gasteiger partial charge in [0.25, 0.3) is 5.91 Å². The number of benzene rings is 4. The van der Waals surface area contributed by atoms with E-state index in [0.717, 1.165) is 21.9 Å². The quantitative estimate of drug-likeness (QED) is 0.335. The van der Waals surface area contributed by atoms with E-state index in [0.29, 0.717) is 28.2 Å². The third-order valence-electron chi connectivity index (χ3n) is 5.28. The van der Waals surface area contributed by atoms with Gasteiger partial charge in [0.1, 0.15) is 5.52 Å². The van der Waals surface area contributed by atoms with Crippen LogP contribution in [0.25, 0.3) is 33.3 Å². The van der Waals surface area contributed by atoms with Gasteiger partial charge in [-0.15, -0.1) is 0 Å². The number of fused-ring (bicyclic) bond motifs is 2.